The summed E-state index contributed by atoms with van der Waals surface area (Å²) in [5.41, 5.74) is 4.97. The average molecular weight is 352 g/mol. The van der Waals surface area contributed by atoms with E-state index in [1.165, 1.54) is 0 Å². The Kier molecular flexibility index (Phi) is 5.16. The maximum Gasteiger partial charge on any atom is 0.410 e. The minimum Gasteiger partial charge on any atom is -0.312 e. The monoisotopic (exact) mass is 352 g/mol. The highest BCUT2D eigenvalue weighted by Crippen LogP contribution is 2.40. The van der Waals surface area contributed by atoms with Crippen LogP contribution in [0, 0.1) is 17.5 Å². The molecule has 2 rings (SSSR count). The highest BCUT2D eigenvalue weighted by atomic mass is 19.4. The smallest absolute Gasteiger partial charge is 0.312 e. The lowest BCUT2D eigenvalue weighted by Crippen LogP contribution is -2.51. The van der Waals surface area contributed by atoms with Crippen molar-refractivity contribution in [1.29, 1.82) is 0 Å². The molecule has 0 saturated carbocycles. The third-order valence-corrected chi connectivity index (χ3v) is 3.79. The van der Waals surface area contributed by atoms with Crippen LogP contribution in [0.1, 0.15) is 24.3 Å². The van der Waals surface area contributed by atoms with Crippen LogP contribution in [0.3, 0.4) is 0 Å². The molecule has 0 amide bonds. The third-order valence-electron chi connectivity index (χ3n) is 3.79. The molecule has 1 aromatic carbocycles. The van der Waals surface area contributed by atoms with Gasteiger partial charge in [0.25, 0.3) is 0 Å². The molecule has 4 nitrogen and oxygen atoms in total. The fraction of sp³-hybridized carbons (Fsp3) is 0.429. The normalized spacial score (nSPS) is 23.6. The summed E-state index contributed by atoms with van der Waals surface area (Å²) in [5.74, 6) is -5.90. The molecule has 0 radical (unpaired) electrons. The maximum atomic E-state index is 14.0. The molecular weight excluding hydrogens is 338 g/mol. The van der Waals surface area contributed by atoms with Crippen molar-refractivity contribution >= 4 is 12.6 Å². The molecule has 0 spiro atoms. The largest absolute Gasteiger partial charge is 0.410 e. The summed E-state index contributed by atoms with van der Waals surface area (Å²) in [6, 6.07) is -0.320. The van der Waals surface area contributed by atoms with E-state index >= 15 is 0 Å². The first-order valence-corrected chi connectivity index (χ1v) is 6.92. The molecule has 132 valence electrons. The van der Waals surface area contributed by atoms with Crippen LogP contribution < -0.4 is 5.73 Å². The van der Waals surface area contributed by atoms with Gasteiger partial charge in [0.05, 0.1) is 6.67 Å². The van der Waals surface area contributed by atoms with Crippen molar-refractivity contribution in [2.24, 2.45) is 15.8 Å². The SMILES string of the molecule is C=NN1/C(=N\CN)C(c2ccc(F)c(F)c2F)CCC1C(F)(F)F. The number of hydrazone groups is 1. The molecule has 10 heteroatoms. The van der Waals surface area contributed by atoms with E-state index in [4.69, 9.17) is 5.73 Å². The number of aliphatic imine (C=N–C) groups is 1. The minimum atomic E-state index is -4.62. The van der Waals surface area contributed by atoms with Gasteiger partial charge in [-0.3, -0.25) is 4.99 Å². The Hall–Kier alpha value is -2.10. The molecule has 24 heavy (non-hydrogen) atoms. The average Bonchev–Trinajstić information content (AvgIpc) is 2.52. The fourth-order valence-electron chi connectivity index (χ4n) is 2.75. The number of hydrogen-bond acceptors (Lipinski definition) is 3. The summed E-state index contributed by atoms with van der Waals surface area (Å²) < 4.78 is 79.9. The predicted octanol–water partition coefficient (Wildman–Crippen LogP) is 3.14. The lowest BCUT2D eigenvalue weighted by molar-refractivity contribution is -0.178. The molecule has 2 atom stereocenters. The standard InChI is InChI=1S/C14H14F6N4/c1-22-24-10(14(18,19)20)5-3-8(13(24)23-6-21)7-2-4-9(15)12(17)11(7)16/h2,4,8,10H,1,3,5-6,21H2/b23-13-. The lowest BCUT2D eigenvalue weighted by atomic mass is 9.86. The van der Waals surface area contributed by atoms with Crippen molar-refractivity contribution in [3.05, 3.63) is 35.1 Å². The van der Waals surface area contributed by atoms with Crippen LogP contribution in [0.4, 0.5) is 26.3 Å². The first-order chi connectivity index (χ1) is 11.2. The van der Waals surface area contributed by atoms with E-state index in [-0.39, 0.29) is 24.5 Å². The van der Waals surface area contributed by atoms with Crippen LogP contribution in [0.5, 0.6) is 0 Å². The van der Waals surface area contributed by atoms with E-state index in [0.717, 1.165) is 6.07 Å². The second-order valence-electron chi connectivity index (χ2n) is 5.14. The number of piperidine rings is 1. The van der Waals surface area contributed by atoms with Crippen LogP contribution in [-0.4, -0.2) is 36.4 Å². The molecule has 0 aromatic heterocycles. The summed E-state index contributed by atoms with van der Waals surface area (Å²) >= 11 is 0. The van der Waals surface area contributed by atoms with E-state index in [9.17, 15) is 26.3 Å². The number of rotatable bonds is 3. The predicted molar refractivity (Wildman–Crippen MR) is 76.0 cm³/mol. The topological polar surface area (TPSA) is 54.0 Å². The van der Waals surface area contributed by atoms with E-state index in [2.05, 4.69) is 16.8 Å². The molecule has 1 aliphatic heterocycles. The second-order valence-corrected chi connectivity index (χ2v) is 5.14. The third kappa shape index (κ3) is 3.23. The Morgan fingerprint density at radius 3 is 2.38 bits per heavy atom. The number of benzene rings is 1. The van der Waals surface area contributed by atoms with Gasteiger partial charge in [-0.15, -0.1) is 0 Å². The Bertz CT molecular complexity index is 657. The van der Waals surface area contributed by atoms with Gasteiger partial charge in [0, 0.05) is 18.2 Å². The molecule has 2 N–H and O–H groups in total. The number of amidine groups is 1. The fourth-order valence-corrected chi connectivity index (χ4v) is 2.75. The van der Waals surface area contributed by atoms with Gasteiger partial charge < -0.3 is 5.73 Å². The molecule has 1 aliphatic rings. The van der Waals surface area contributed by atoms with Crippen molar-refractivity contribution in [3.8, 4) is 0 Å². The summed E-state index contributed by atoms with van der Waals surface area (Å²) in [6.07, 6.45) is -5.24. The zero-order valence-corrected chi connectivity index (χ0v) is 12.3. The first-order valence-electron chi connectivity index (χ1n) is 6.92. The zero-order chi connectivity index (χ0) is 18.1. The van der Waals surface area contributed by atoms with E-state index in [0.29, 0.717) is 11.1 Å². The van der Waals surface area contributed by atoms with E-state index < -0.39 is 42.0 Å². The van der Waals surface area contributed by atoms with Gasteiger partial charge in [-0.1, -0.05) is 6.07 Å². The summed E-state index contributed by atoms with van der Waals surface area (Å²) in [7, 11) is 0. The van der Waals surface area contributed by atoms with Crippen LogP contribution >= 0.6 is 0 Å². The molecule has 2 unspecified atom stereocenters. The Morgan fingerprint density at radius 2 is 1.83 bits per heavy atom. The molecular formula is C14H14F6N4. The zero-order valence-electron chi connectivity index (χ0n) is 12.3. The van der Waals surface area contributed by atoms with Crippen LogP contribution in [0.2, 0.25) is 0 Å². The van der Waals surface area contributed by atoms with Crippen molar-refractivity contribution in [2.45, 2.75) is 31.0 Å². The molecule has 1 heterocycles. The highest BCUT2D eigenvalue weighted by Gasteiger charge is 2.49. The Balaban J connectivity index is 2.51. The van der Waals surface area contributed by atoms with Gasteiger partial charge in [-0.25, -0.2) is 18.2 Å². The molecule has 0 aliphatic carbocycles. The van der Waals surface area contributed by atoms with Crippen LogP contribution in [-0.2, 0) is 0 Å². The van der Waals surface area contributed by atoms with Gasteiger partial charge in [0.2, 0.25) is 0 Å². The van der Waals surface area contributed by atoms with Gasteiger partial charge in [-0.2, -0.15) is 18.3 Å². The van der Waals surface area contributed by atoms with Crippen LogP contribution in [0.25, 0.3) is 0 Å². The Labute approximate surface area is 133 Å². The Morgan fingerprint density at radius 1 is 1.17 bits per heavy atom. The molecule has 1 fully saturated rings. The van der Waals surface area contributed by atoms with E-state index in [1.54, 1.807) is 0 Å². The van der Waals surface area contributed by atoms with Crippen molar-refractivity contribution < 1.29 is 26.3 Å². The highest BCUT2D eigenvalue weighted by molar-refractivity contribution is 5.90. The first kappa shape index (κ1) is 18.2. The quantitative estimate of drug-likeness (QED) is 0.516. The second kappa shape index (κ2) is 6.80. The van der Waals surface area contributed by atoms with Crippen molar-refractivity contribution in [2.75, 3.05) is 6.67 Å². The maximum absolute atomic E-state index is 14.0. The number of nitrogens with zero attached hydrogens (tertiary/aromatic N) is 3. The van der Waals surface area contributed by atoms with E-state index in [1.807, 2.05) is 0 Å². The van der Waals surface area contributed by atoms with Gasteiger partial charge in [0.1, 0.15) is 11.9 Å². The van der Waals surface area contributed by atoms with Gasteiger partial charge >= 0.3 is 6.18 Å². The number of hydrogen-bond donors (Lipinski definition) is 1. The van der Waals surface area contributed by atoms with Crippen molar-refractivity contribution in [1.82, 2.24) is 5.01 Å². The van der Waals surface area contributed by atoms with Crippen LogP contribution in [0.15, 0.2) is 22.2 Å². The molecule has 0 bridgehead atoms. The summed E-state index contributed by atoms with van der Waals surface area (Å²) in [5, 5.41) is 3.84. The summed E-state index contributed by atoms with van der Waals surface area (Å²) in [4.78, 5) is 3.75. The number of halogens is 6. The number of alkyl halides is 3. The van der Waals surface area contributed by atoms with Crippen molar-refractivity contribution in [3.63, 3.8) is 0 Å². The van der Waals surface area contributed by atoms with Gasteiger partial charge in [0.15, 0.2) is 17.5 Å². The van der Waals surface area contributed by atoms with Gasteiger partial charge in [-0.05, 0) is 18.9 Å². The summed E-state index contributed by atoms with van der Waals surface area (Å²) in [6.45, 7) is 2.71. The molecule has 1 aromatic rings. The lowest BCUT2D eigenvalue weighted by Gasteiger charge is -2.39. The molecule has 1 saturated heterocycles. The minimum absolute atomic E-state index is 0.184. The number of nitrogens with two attached hydrogens (primary N) is 1.